The molecular weight excluding hydrogens is 334 g/mol. The zero-order valence-electron chi connectivity index (χ0n) is 14.6. The number of ether oxygens (including phenoxy) is 1. The van der Waals surface area contributed by atoms with Crippen LogP contribution in [0.1, 0.15) is 32.1 Å². The lowest BCUT2D eigenvalue weighted by Gasteiger charge is -2.28. The van der Waals surface area contributed by atoms with Crippen LogP contribution in [0.3, 0.4) is 0 Å². The molecule has 0 aromatic heterocycles. The molecule has 1 aromatic rings. The van der Waals surface area contributed by atoms with Crippen LogP contribution in [0.15, 0.2) is 24.3 Å². The lowest BCUT2D eigenvalue weighted by Crippen LogP contribution is -2.50. The molecule has 1 heterocycles. The third-order valence-corrected chi connectivity index (χ3v) is 5.78. The maximum absolute atomic E-state index is 12.2. The van der Waals surface area contributed by atoms with Crippen LogP contribution in [0.5, 0.6) is 5.75 Å². The molecule has 3 atom stereocenters. The molecule has 3 aliphatic rings. The van der Waals surface area contributed by atoms with Crippen LogP contribution in [0, 0.1) is 17.8 Å². The zero-order chi connectivity index (χ0) is 18.1. The minimum Gasteiger partial charge on any atom is -0.482 e. The standard InChI is InChI=1S/C19H23N3O4/c23-17(9-14-8-12-5-6-13(14)7-12)20-21-18(24)10-22-15-3-1-2-4-16(15)26-11-19(22)25/h1-4,12-14H,5-11H2,(H,20,23)(H,21,24)/t12-,13-,14+/m1/s1. The van der Waals surface area contributed by atoms with Gasteiger partial charge in [0, 0.05) is 6.42 Å². The summed E-state index contributed by atoms with van der Waals surface area (Å²) in [5.41, 5.74) is 5.48. The summed E-state index contributed by atoms with van der Waals surface area (Å²) in [6, 6.07) is 7.07. The van der Waals surface area contributed by atoms with E-state index in [4.69, 9.17) is 4.74 Å². The van der Waals surface area contributed by atoms with Crippen molar-refractivity contribution < 1.29 is 19.1 Å². The van der Waals surface area contributed by atoms with Gasteiger partial charge in [0.25, 0.3) is 11.8 Å². The molecule has 3 amide bonds. The number of carbonyl (C=O) groups excluding carboxylic acids is 3. The summed E-state index contributed by atoms with van der Waals surface area (Å²) in [7, 11) is 0. The van der Waals surface area contributed by atoms with Gasteiger partial charge in [-0.1, -0.05) is 18.6 Å². The van der Waals surface area contributed by atoms with Crippen molar-refractivity contribution in [2.45, 2.75) is 32.1 Å². The van der Waals surface area contributed by atoms with Gasteiger partial charge in [0.15, 0.2) is 6.61 Å². The maximum Gasteiger partial charge on any atom is 0.265 e. The predicted octanol–water partition coefficient (Wildman–Crippen LogP) is 1.39. The number of fused-ring (bicyclic) bond motifs is 3. The van der Waals surface area contributed by atoms with Crippen LogP contribution in [0.2, 0.25) is 0 Å². The van der Waals surface area contributed by atoms with Crippen LogP contribution in [-0.2, 0) is 14.4 Å². The Morgan fingerprint density at radius 3 is 2.69 bits per heavy atom. The van der Waals surface area contributed by atoms with E-state index in [1.165, 1.54) is 24.2 Å². The second-order valence-corrected chi connectivity index (χ2v) is 7.47. The number of hydrogen-bond donors (Lipinski definition) is 2. The Labute approximate surface area is 152 Å². The Morgan fingerprint density at radius 1 is 1.12 bits per heavy atom. The van der Waals surface area contributed by atoms with Crippen molar-refractivity contribution in [3.8, 4) is 5.75 Å². The summed E-state index contributed by atoms with van der Waals surface area (Å²) in [5.74, 6) is 1.59. The third-order valence-electron chi connectivity index (χ3n) is 5.78. The van der Waals surface area contributed by atoms with Gasteiger partial charge in [-0.25, -0.2) is 0 Å². The number of anilines is 1. The molecule has 1 aliphatic heterocycles. The van der Waals surface area contributed by atoms with E-state index >= 15 is 0 Å². The number of rotatable bonds is 4. The highest BCUT2D eigenvalue weighted by Gasteiger charge is 2.40. The topological polar surface area (TPSA) is 87.7 Å². The highest BCUT2D eigenvalue weighted by atomic mass is 16.5. The quantitative estimate of drug-likeness (QED) is 0.797. The van der Waals surface area contributed by atoms with Crippen molar-refractivity contribution >= 4 is 23.4 Å². The number of hydrazine groups is 1. The van der Waals surface area contributed by atoms with Crippen molar-refractivity contribution in [1.82, 2.24) is 10.9 Å². The second-order valence-electron chi connectivity index (χ2n) is 7.47. The minimum atomic E-state index is -0.434. The zero-order valence-corrected chi connectivity index (χ0v) is 14.6. The molecule has 7 heteroatoms. The monoisotopic (exact) mass is 357 g/mol. The summed E-state index contributed by atoms with van der Waals surface area (Å²) >= 11 is 0. The van der Waals surface area contributed by atoms with Crippen molar-refractivity contribution in [3.63, 3.8) is 0 Å². The number of amides is 3. The van der Waals surface area contributed by atoms with Gasteiger partial charge in [0.2, 0.25) is 5.91 Å². The smallest absolute Gasteiger partial charge is 0.265 e. The van der Waals surface area contributed by atoms with E-state index in [0.29, 0.717) is 29.7 Å². The Hall–Kier alpha value is -2.57. The third kappa shape index (κ3) is 3.38. The lowest BCUT2D eigenvalue weighted by atomic mass is 9.86. The van der Waals surface area contributed by atoms with Gasteiger partial charge >= 0.3 is 0 Å². The predicted molar refractivity (Wildman–Crippen MR) is 94.1 cm³/mol. The normalized spacial score (nSPS) is 26.2. The van der Waals surface area contributed by atoms with E-state index < -0.39 is 5.91 Å². The van der Waals surface area contributed by atoms with E-state index in [1.54, 1.807) is 18.2 Å². The highest BCUT2D eigenvalue weighted by molar-refractivity contribution is 6.02. The van der Waals surface area contributed by atoms with E-state index in [9.17, 15) is 14.4 Å². The second kappa shape index (κ2) is 6.97. The molecule has 4 rings (SSSR count). The molecule has 7 nitrogen and oxygen atoms in total. The average Bonchev–Trinajstić information content (AvgIpc) is 3.25. The largest absolute Gasteiger partial charge is 0.482 e. The van der Waals surface area contributed by atoms with Gasteiger partial charge < -0.3 is 4.74 Å². The van der Waals surface area contributed by atoms with E-state index in [0.717, 1.165) is 12.3 Å². The van der Waals surface area contributed by atoms with Crippen LogP contribution in [0.25, 0.3) is 0 Å². The molecule has 26 heavy (non-hydrogen) atoms. The minimum absolute atomic E-state index is 0.0963. The average molecular weight is 357 g/mol. The molecule has 2 fully saturated rings. The highest BCUT2D eigenvalue weighted by Crippen LogP contribution is 2.49. The van der Waals surface area contributed by atoms with Gasteiger partial charge in [0.1, 0.15) is 12.3 Å². The fraction of sp³-hybridized carbons (Fsp3) is 0.526. The first-order valence-corrected chi connectivity index (χ1v) is 9.20. The van der Waals surface area contributed by atoms with Crippen LogP contribution >= 0.6 is 0 Å². The van der Waals surface area contributed by atoms with Crippen LogP contribution in [-0.4, -0.2) is 30.9 Å². The van der Waals surface area contributed by atoms with Gasteiger partial charge in [0.05, 0.1) is 5.69 Å². The molecule has 0 radical (unpaired) electrons. The van der Waals surface area contributed by atoms with Gasteiger partial charge in [-0.3, -0.25) is 30.1 Å². The molecule has 2 aliphatic carbocycles. The van der Waals surface area contributed by atoms with Gasteiger partial charge in [-0.2, -0.15) is 0 Å². The summed E-state index contributed by atoms with van der Waals surface area (Å²) in [4.78, 5) is 37.7. The molecular formula is C19H23N3O4. The summed E-state index contributed by atoms with van der Waals surface area (Å²) in [6.45, 7) is -0.255. The number of nitrogens with zero attached hydrogens (tertiary/aromatic N) is 1. The SMILES string of the molecule is O=C(C[C@@H]1C[C@@H]2CC[C@@H]1C2)NNC(=O)CN1C(=O)COc2ccccc21. The van der Waals surface area contributed by atoms with Crippen LogP contribution < -0.4 is 20.5 Å². The van der Waals surface area contributed by atoms with E-state index in [2.05, 4.69) is 10.9 Å². The van der Waals surface area contributed by atoms with Gasteiger partial charge in [-0.15, -0.1) is 0 Å². The van der Waals surface area contributed by atoms with E-state index in [1.807, 2.05) is 6.07 Å². The first-order valence-electron chi connectivity index (χ1n) is 9.20. The molecule has 2 N–H and O–H groups in total. The molecule has 1 aromatic carbocycles. The molecule has 2 saturated carbocycles. The molecule has 2 bridgehead atoms. The number of benzene rings is 1. The summed E-state index contributed by atoms with van der Waals surface area (Å²) < 4.78 is 5.35. The molecule has 0 spiro atoms. The fourth-order valence-electron chi connectivity index (χ4n) is 4.57. The Kier molecular flexibility index (Phi) is 4.53. The number of hydrogen-bond acceptors (Lipinski definition) is 4. The molecule has 0 unspecified atom stereocenters. The fourth-order valence-corrected chi connectivity index (χ4v) is 4.57. The summed E-state index contributed by atoms with van der Waals surface area (Å²) in [5, 5.41) is 0. The first kappa shape index (κ1) is 16.9. The number of carbonyl (C=O) groups is 3. The molecule has 0 saturated heterocycles. The first-order chi connectivity index (χ1) is 12.6. The Bertz CT molecular complexity index is 735. The van der Waals surface area contributed by atoms with Gasteiger partial charge in [-0.05, 0) is 49.1 Å². The van der Waals surface area contributed by atoms with Crippen molar-refractivity contribution in [1.29, 1.82) is 0 Å². The van der Waals surface area contributed by atoms with Crippen molar-refractivity contribution in [3.05, 3.63) is 24.3 Å². The maximum atomic E-state index is 12.2. The number of para-hydroxylation sites is 2. The van der Waals surface area contributed by atoms with Crippen molar-refractivity contribution in [2.75, 3.05) is 18.1 Å². The van der Waals surface area contributed by atoms with Crippen LogP contribution in [0.4, 0.5) is 5.69 Å². The Morgan fingerprint density at radius 2 is 1.92 bits per heavy atom. The molecule has 138 valence electrons. The summed E-state index contributed by atoms with van der Waals surface area (Å²) in [6.07, 6.45) is 5.37. The van der Waals surface area contributed by atoms with Crippen molar-refractivity contribution in [2.24, 2.45) is 17.8 Å². The van der Waals surface area contributed by atoms with E-state index in [-0.39, 0.29) is 25.0 Å². The lowest BCUT2D eigenvalue weighted by molar-refractivity contribution is -0.129. The number of nitrogens with one attached hydrogen (secondary N) is 2. The Balaban J connectivity index is 1.27.